The molecule has 4 nitrogen and oxygen atoms in total. The van der Waals surface area contributed by atoms with Crippen molar-refractivity contribution in [2.45, 2.75) is 38.2 Å². The van der Waals surface area contributed by atoms with E-state index in [1.807, 2.05) is 0 Å². The van der Waals surface area contributed by atoms with Gasteiger partial charge in [-0.15, -0.1) is 0 Å². The number of hydrogen-bond acceptors (Lipinski definition) is 4. The summed E-state index contributed by atoms with van der Waals surface area (Å²) in [5, 5.41) is 4.00. The van der Waals surface area contributed by atoms with Crippen LogP contribution < -0.4 is 0 Å². The van der Waals surface area contributed by atoms with E-state index >= 15 is 0 Å². The lowest BCUT2D eigenvalue weighted by atomic mass is 10.1. The van der Waals surface area contributed by atoms with E-state index in [2.05, 4.69) is 40.5 Å². The fraction of sp³-hybridized carbons (Fsp3) is 0.529. The quantitative estimate of drug-likeness (QED) is 0.782. The molecule has 0 aliphatic heterocycles. The van der Waals surface area contributed by atoms with E-state index in [9.17, 15) is 0 Å². The van der Waals surface area contributed by atoms with Crippen molar-refractivity contribution in [3.63, 3.8) is 0 Å². The lowest BCUT2D eigenvalue weighted by Crippen LogP contribution is -1.99. The maximum Gasteiger partial charge on any atom is 0.227 e. The minimum Gasteiger partial charge on any atom is -0.373 e. The molecule has 0 unspecified atom stereocenters. The highest BCUT2D eigenvalue weighted by Crippen LogP contribution is 2.48. The minimum absolute atomic E-state index is 0.479. The van der Waals surface area contributed by atoms with Crippen molar-refractivity contribution in [3.05, 3.63) is 47.6 Å². The highest BCUT2D eigenvalue weighted by atomic mass is 16.5. The zero-order valence-corrected chi connectivity index (χ0v) is 12.1. The summed E-state index contributed by atoms with van der Waals surface area (Å²) in [4.78, 5) is 4.43. The number of benzene rings is 1. The molecule has 21 heavy (non-hydrogen) atoms. The summed E-state index contributed by atoms with van der Waals surface area (Å²) in [6.45, 7) is 1.31. The standard InChI is InChI=1S/C17H20N2O2/c1-2-4-13(5-3-1)15-8-14(15)9-17-18-16(19-21-17)11-20-10-12-6-7-12/h1-5,12,14-15H,6-11H2/t14-,15-/m0/s1. The Hall–Kier alpha value is -1.68. The normalized spacial score (nSPS) is 24.2. The third-order valence-electron chi connectivity index (χ3n) is 4.38. The molecule has 0 N–H and O–H groups in total. The van der Waals surface area contributed by atoms with Gasteiger partial charge in [0.1, 0.15) is 6.61 Å². The molecule has 2 aliphatic carbocycles. The monoisotopic (exact) mass is 284 g/mol. The zero-order chi connectivity index (χ0) is 14.1. The van der Waals surface area contributed by atoms with Crippen LogP contribution in [0.2, 0.25) is 0 Å². The third-order valence-corrected chi connectivity index (χ3v) is 4.38. The molecule has 0 bridgehead atoms. The molecule has 1 heterocycles. The molecule has 0 spiro atoms. The second-order valence-corrected chi connectivity index (χ2v) is 6.28. The van der Waals surface area contributed by atoms with Gasteiger partial charge in [0.2, 0.25) is 5.89 Å². The maximum atomic E-state index is 5.58. The predicted molar refractivity (Wildman–Crippen MR) is 77.7 cm³/mol. The Morgan fingerprint density at radius 3 is 2.86 bits per heavy atom. The first kappa shape index (κ1) is 13.0. The Kier molecular flexibility index (Phi) is 3.47. The molecule has 2 atom stereocenters. The lowest BCUT2D eigenvalue weighted by Gasteiger charge is -1.98. The first-order valence-electron chi connectivity index (χ1n) is 7.82. The van der Waals surface area contributed by atoms with Crippen LogP contribution in [0.4, 0.5) is 0 Å². The van der Waals surface area contributed by atoms with E-state index in [-0.39, 0.29) is 0 Å². The molecule has 4 heteroatoms. The van der Waals surface area contributed by atoms with Crippen LogP contribution in [-0.2, 0) is 17.8 Å². The largest absolute Gasteiger partial charge is 0.373 e. The Bertz CT molecular complexity index is 592. The van der Waals surface area contributed by atoms with Gasteiger partial charge in [0.25, 0.3) is 0 Å². The van der Waals surface area contributed by atoms with Crippen molar-refractivity contribution in [2.75, 3.05) is 6.61 Å². The van der Waals surface area contributed by atoms with Gasteiger partial charge < -0.3 is 9.26 Å². The molecule has 0 amide bonds. The van der Waals surface area contributed by atoms with E-state index in [1.165, 1.54) is 24.8 Å². The van der Waals surface area contributed by atoms with Crippen molar-refractivity contribution >= 4 is 0 Å². The Morgan fingerprint density at radius 1 is 1.19 bits per heavy atom. The van der Waals surface area contributed by atoms with E-state index in [1.54, 1.807) is 0 Å². The van der Waals surface area contributed by atoms with E-state index in [0.717, 1.165) is 24.8 Å². The van der Waals surface area contributed by atoms with Gasteiger partial charge in [0.05, 0.1) is 0 Å². The summed E-state index contributed by atoms with van der Waals surface area (Å²) in [5.74, 6) is 3.52. The maximum absolute atomic E-state index is 5.58. The van der Waals surface area contributed by atoms with Gasteiger partial charge in [0.15, 0.2) is 5.82 Å². The highest BCUT2D eigenvalue weighted by molar-refractivity contribution is 5.25. The Balaban J connectivity index is 1.27. The molecular weight excluding hydrogens is 264 g/mol. The summed E-state index contributed by atoms with van der Waals surface area (Å²) in [5.41, 5.74) is 1.43. The van der Waals surface area contributed by atoms with E-state index in [4.69, 9.17) is 9.26 Å². The molecule has 1 aromatic heterocycles. The number of rotatable bonds is 7. The molecule has 110 valence electrons. The first-order valence-corrected chi connectivity index (χ1v) is 7.82. The van der Waals surface area contributed by atoms with Crippen LogP contribution in [0.3, 0.4) is 0 Å². The number of hydrogen-bond donors (Lipinski definition) is 0. The van der Waals surface area contributed by atoms with Crippen LogP contribution in [0.25, 0.3) is 0 Å². The van der Waals surface area contributed by atoms with Crippen molar-refractivity contribution in [3.8, 4) is 0 Å². The number of ether oxygens (including phenoxy) is 1. The lowest BCUT2D eigenvalue weighted by molar-refractivity contribution is 0.104. The Labute approximate surface area is 124 Å². The topological polar surface area (TPSA) is 48.2 Å². The fourth-order valence-corrected chi connectivity index (χ4v) is 2.84. The van der Waals surface area contributed by atoms with Crippen LogP contribution in [-0.4, -0.2) is 16.7 Å². The molecule has 2 aliphatic rings. The van der Waals surface area contributed by atoms with Crippen molar-refractivity contribution in [2.24, 2.45) is 11.8 Å². The van der Waals surface area contributed by atoms with E-state index < -0.39 is 0 Å². The molecule has 0 radical (unpaired) electrons. The van der Waals surface area contributed by atoms with Crippen molar-refractivity contribution in [1.82, 2.24) is 10.1 Å². The van der Waals surface area contributed by atoms with Gasteiger partial charge in [-0.2, -0.15) is 4.98 Å². The molecule has 2 fully saturated rings. The first-order chi connectivity index (χ1) is 10.4. The molecule has 4 rings (SSSR count). The zero-order valence-electron chi connectivity index (χ0n) is 12.1. The Morgan fingerprint density at radius 2 is 2.05 bits per heavy atom. The minimum atomic E-state index is 0.479. The second-order valence-electron chi connectivity index (χ2n) is 6.28. The number of nitrogens with zero attached hydrogens (tertiary/aromatic N) is 2. The summed E-state index contributed by atoms with van der Waals surface area (Å²) >= 11 is 0. The van der Waals surface area contributed by atoms with E-state index in [0.29, 0.717) is 24.3 Å². The summed E-state index contributed by atoms with van der Waals surface area (Å²) < 4.78 is 10.9. The van der Waals surface area contributed by atoms with Crippen LogP contribution in [0.5, 0.6) is 0 Å². The summed E-state index contributed by atoms with van der Waals surface area (Å²) in [6, 6.07) is 10.7. The van der Waals surface area contributed by atoms with Crippen LogP contribution in [0.15, 0.2) is 34.9 Å². The SMILES string of the molecule is c1ccc([C@@H]2C[C@H]2Cc2nc(COCC3CC3)no2)cc1. The van der Waals surface area contributed by atoms with Crippen LogP contribution in [0, 0.1) is 11.8 Å². The van der Waals surface area contributed by atoms with Crippen LogP contribution in [0.1, 0.15) is 42.5 Å². The number of aromatic nitrogens is 2. The van der Waals surface area contributed by atoms with Gasteiger partial charge in [0, 0.05) is 13.0 Å². The van der Waals surface area contributed by atoms with Gasteiger partial charge >= 0.3 is 0 Å². The molecule has 2 aromatic rings. The third kappa shape index (κ3) is 3.32. The van der Waals surface area contributed by atoms with Crippen molar-refractivity contribution in [1.29, 1.82) is 0 Å². The van der Waals surface area contributed by atoms with Crippen molar-refractivity contribution < 1.29 is 9.26 Å². The van der Waals surface area contributed by atoms with Gasteiger partial charge in [-0.25, -0.2) is 0 Å². The molecule has 1 aromatic carbocycles. The smallest absolute Gasteiger partial charge is 0.227 e. The van der Waals surface area contributed by atoms with Gasteiger partial charge in [-0.1, -0.05) is 35.5 Å². The predicted octanol–water partition coefficient (Wildman–Crippen LogP) is 3.34. The second kappa shape index (κ2) is 5.60. The van der Waals surface area contributed by atoms with Gasteiger partial charge in [-0.3, -0.25) is 0 Å². The molecular formula is C17H20N2O2. The molecule has 2 saturated carbocycles. The summed E-state index contributed by atoms with van der Waals surface area (Å²) in [7, 11) is 0. The van der Waals surface area contributed by atoms with Gasteiger partial charge in [-0.05, 0) is 42.6 Å². The average Bonchev–Trinajstić information content (AvgIpc) is 3.41. The summed E-state index contributed by atoms with van der Waals surface area (Å²) in [6.07, 6.45) is 4.72. The fourth-order valence-electron chi connectivity index (χ4n) is 2.84. The molecule has 0 saturated heterocycles. The van der Waals surface area contributed by atoms with Crippen LogP contribution >= 0.6 is 0 Å². The average molecular weight is 284 g/mol. The highest BCUT2D eigenvalue weighted by Gasteiger charge is 2.39.